The molecule has 8 rings (SSSR count). The number of fused-ring (bicyclic) bond motifs is 1. The Hall–Kier alpha value is -5.57. The number of anilines is 1. The molecule has 0 radical (unpaired) electrons. The van der Waals surface area contributed by atoms with Crippen LogP contribution in [-0.4, -0.2) is 114 Å². The number of rotatable bonds is 21. The van der Waals surface area contributed by atoms with Crippen LogP contribution in [0.5, 0.6) is 0 Å². The van der Waals surface area contributed by atoms with Crippen molar-refractivity contribution in [2.45, 2.75) is 148 Å². The fourth-order valence-corrected chi connectivity index (χ4v) is 18.2. The van der Waals surface area contributed by atoms with Gasteiger partial charge in [-0.2, -0.15) is 4.98 Å². The Morgan fingerprint density at radius 1 is 0.827 bits per heavy atom. The molecule has 2 aliphatic rings. The summed E-state index contributed by atoms with van der Waals surface area (Å²) in [5.41, 5.74) is -0.505. The zero-order chi connectivity index (χ0) is 58.8. The first kappa shape index (κ1) is 61.5. The van der Waals surface area contributed by atoms with Crippen molar-refractivity contribution in [2.24, 2.45) is 5.92 Å². The highest BCUT2D eigenvalue weighted by Gasteiger charge is 2.53. The minimum absolute atomic E-state index is 0.0154. The van der Waals surface area contributed by atoms with Gasteiger partial charge in [0, 0.05) is 44.5 Å². The van der Waals surface area contributed by atoms with E-state index < -0.39 is 94.1 Å². The highest BCUT2D eigenvalue weighted by molar-refractivity contribution is 8.07. The molecule has 81 heavy (non-hydrogen) atoms. The SMILES string of the molecule is CC(=O)N(C)C[C@H](O[P@](=S)(OC[C@H]1O[C@@H](n2cc(C)c(=O)[nH]c2=O)C[C@@H]1O[Si](C)(C)C(C)(C)C)O[C@H]1C[C@H](n2cnc3c(=O)[nH]c(NC(=O)C(C)C)nc32)O[C@@H]1CO[Si](c1ccccc1)(c1ccccc1)C(C)(C)C)c1ccccc1. The Morgan fingerprint density at radius 2 is 1.40 bits per heavy atom. The topological polar surface area (TPSA) is 232 Å². The number of nitrogens with zero attached hydrogens (tertiary/aromatic N) is 5. The maximum atomic E-state index is 13.6. The van der Waals surface area contributed by atoms with Crippen LogP contribution >= 0.6 is 6.72 Å². The van der Waals surface area contributed by atoms with Gasteiger partial charge in [-0.1, -0.05) is 146 Å². The number of amides is 2. The Kier molecular flexibility index (Phi) is 18.8. The molecule has 0 saturated carbocycles. The monoisotopic (exact) mass is 1180 g/mol. The minimum atomic E-state index is -4.11. The van der Waals surface area contributed by atoms with Crippen LogP contribution < -0.4 is 32.5 Å². The molecule has 0 spiro atoms. The molecule has 5 heterocycles. The Bertz CT molecular complexity index is 3370. The molecule has 436 valence electrons. The minimum Gasteiger partial charge on any atom is -0.411 e. The maximum Gasteiger partial charge on any atom is 0.330 e. The second-order valence-electron chi connectivity index (χ2n) is 23.8. The Morgan fingerprint density at radius 3 is 1.96 bits per heavy atom. The quantitative estimate of drug-likeness (QED) is 0.0458. The van der Waals surface area contributed by atoms with Gasteiger partial charge in [0.2, 0.25) is 17.8 Å². The number of carbonyl (C=O) groups is 2. The van der Waals surface area contributed by atoms with E-state index in [1.54, 1.807) is 32.4 Å². The number of aromatic nitrogens is 6. The van der Waals surface area contributed by atoms with Crippen LogP contribution in [0.4, 0.5) is 5.95 Å². The number of imidazole rings is 1. The van der Waals surface area contributed by atoms with Crippen molar-refractivity contribution in [3.63, 3.8) is 0 Å². The largest absolute Gasteiger partial charge is 0.411 e. The number of benzene rings is 3. The van der Waals surface area contributed by atoms with Crippen LogP contribution in [0.1, 0.15) is 105 Å². The lowest BCUT2D eigenvalue weighted by molar-refractivity contribution is -0.128. The summed E-state index contributed by atoms with van der Waals surface area (Å²) in [5, 5.41) is 4.13. The van der Waals surface area contributed by atoms with Crippen molar-refractivity contribution < 1.29 is 41.5 Å². The predicted molar refractivity (Wildman–Crippen MR) is 319 cm³/mol. The van der Waals surface area contributed by atoms with Gasteiger partial charge in [0.25, 0.3) is 19.4 Å². The van der Waals surface area contributed by atoms with E-state index in [-0.39, 0.29) is 66.6 Å². The molecular formula is C57H77N8O12PSSi2. The summed E-state index contributed by atoms with van der Waals surface area (Å²) >= 11 is 6.64. The molecule has 2 saturated heterocycles. The van der Waals surface area contributed by atoms with E-state index >= 15 is 0 Å². The zero-order valence-corrected chi connectivity index (χ0v) is 52.2. The highest BCUT2D eigenvalue weighted by Crippen LogP contribution is 2.57. The van der Waals surface area contributed by atoms with E-state index in [4.69, 9.17) is 43.7 Å². The number of likely N-dealkylation sites (N-methyl/N-ethyl adjacent to an activating group) is 1. The maximum absolute atomic E-state index is 13.6. The molecule has 0 unspecified atom stereocenters. The number of ether oxygens (including phenoxy) is 2. The van der Waals surface area contributed by atoms with E-state index in [2.05, 4.69) is 104 Å². The molecule has 2 aliphatic heterocycles. The first-order valence-electron chi connectivity index (χ1n) is 27.3. The molecule has 0 aliphatic carbocycles. The van der Waals surface area contributed by atoms with Crippen LogP contribution in [-0.2, 0) is 53.3 Å². The third-order valence-electron chi connectivity index (χ3n) is 15.5. The lowest BCUT2D eigenvalue weighted by Gasteiger charge is -2.43. The molecule has 2 fully saturated rings. The summed E-state index contributed by atoms with van der Waals surface area (Å²) in [4.78, 5) is 81.1. The van der Waals surface area contributed by atoms with Crippen LogP contribution in [0.2, 0.25) is 23.2 Å². The van der Waals surface area contributed by atoms with E-state index in [0.717, 1.165) is 10.4 Å². The van der Waals surface area contributed by atoms with Crippen molar-refractivity contribution >= 4 is 74.5 Å². The lowest BCUT2D eigenvalue weighted by Crippen LogP contribution is -2.67. The van der Waals surface area contributed by atoms with Gasteiger partial charge in [-0.3, -0.25) is 48.1 Å². The molecule has 6 aromatic rings. The molecule has 0 bridgehead atoms. The Balaban J connectivity index is 1.23. The molecule has 3 aromatic heterocycles. The number of nitrogens with one attached hydrogen (secondary N) is 3. The average Bonchev–Trinajstić information content (AvgIpc) is 4.24. The Labute approximate surface area is 479 Å². The number of hydrogen-bond acceptors (Lipinski definition) is 15. The molecule has 20 nitrogen and oxygen atoms in total. The van der Waals surface area contributed by atoms with Gasteiger partial charge in [-0.25, -0.2) is 9.78 Å². The van der Waals surface area contributed by atoms with Gasteiger partial charge in [-0.15, -0.1) is 0 Å². The third-order valence-corrected chi connectivity index (χ3v) is 27.4. The third kappa shape index (κ3) is 13.8. The van der Waals surface area contributed by atoms with E-state index in [0.29, 0.717) is 11.1 Å². The molecule has 8 atom stereocenters. The zero-order valence-electron chi connectivity index (χ0n) is 48.5. The predicted octanol–water partition coefficient (Wildman–Crippen LogP) is 7.98. The molecule has 3 aromatic carbocycles. The summed E-state index contributed by atoms with van der Waals surface area (Å²) in [7, 11) is -4.10. The number of carbonyl (C=O) groups excluding carboxylic acids is 2. The molecular weight excluding hydrogens is 1110 g/mol. The second kappa shape index (κ2) is 24.7. The molecule has 3 N–H and O–H groups in total. The molecule has 24 heteroatoms. The van der Waals surface area contributed by atoms with Crippen molar-refractivity contribution in [3.8, 4) is 0 Å². The first-order valence-corrected chi connectivity index (χ1v) is 34.7. The normalized spacial score (nSPS) is 21.1. The van der Waals surface area contributed by atoms with Crippen molar-refractivity contribution in [3.05, 3.63) is 146 Å². The standard InChI is InChI=1S/C57H77N8O12PSSi2/c1-36(2)51(67)60-54-59-50-49(53(69)61-54)58-35-65(50)48-29-42(46(74-48)34-72-81(57(8,9)10,40-25-19-15-20-26-40)41-27-21-16-22-28-41)75-78(79,76-44(32-63(11)38(4)66)39-23-17-14-18-24-39)71-33-45-43(77-80(12,13)56(5,6)7)30-47(73-45)64-31-37(3)52(68)62-55(64)70/h14-28,31,35-36,42-48H,29-30,32-34H2,1-13H3,(H,62,68,70)(H2,59,60,61,67,69)/t42-,43-,44-,45+,46+,47+,48+,78-/m0/s1. The fourth-order valence-electron chi connectivity index (χ4n) is 9.88. The highest BCUT2D eigenvalue weighted by atomic mass is 32.5. The number of aromatic amines is 2. The second-order valence-corrected chi connectivity index (χ2v) is 35.8. The fraction of sp³-hybridized carbons (Fsp3) is 0.491. The van der Waals surface area contributed by atoms with Gasteiger partial charge < -0.3 is 32.3 Å². The van der Waals surface area contributed by atoms with Crippen LogP contribution in [0, 0.1) is 12.8 Å². The van der Waals surface area contributed by atoms with Crippen molar-refractivity contribution in [1.82, 2.24) is 34.0 Å². The lowest BCUT2D eigenvalue weighted by atomic mass is 10.1. The summed E-state index contributed by atoms with van der Waals surface area (Å²) in [6.45, 7) is 19.4. The van der Waals surface area contributed by atoms with E-state index in [9.17, 15) is 24.0 Å². The first-order chi connectivity index (χ1) is 38.1. The average molecular weight is 1190 g/mol. The number of aryl methyl sites for hydroxylation is 1. The number of H-pyrrole nitrogens is 2. The van der Waals surface area contributed by atoms with Crippen molar-refractivity contribution in [2.75, 3.05) is 32.1 Å². The van der Waals surface area contributed by atoms with Gasteiger partial charge >= 0.3 is 12.4 Å². The summed E-state index contributed by atoms with van der Waals surface area (Å²) in [5.74, 6) is -1.02. The van der Waals surface area contributed by atoms with Crippen LogP contribution in [0.15, 0.2) is 118 Å². The van der Waals surface area contributed by atoms with E-state index in [1.165, 1.54) is 28.9 Å². The van der Waals surface area contributed by atoms with E-state index in [1.807, 2.05) is 66.7 Å². The number of hydrogen-bond donors (Lipinski definition) is 3. The smallest absolute Gasteiger partial charge is 0.330 e. The summed E-state index contributed by atoms with van der Waals surface area (Å²) in [6, 6.07) is 29.7. The molecule has 2 amide bonds. The summed E-state index contributed by atoms with van der Waals surface area (Å²) < 4.78 is 52.7. The van der Waals surface area contributed by atoms with Crippen LogP contribution in [0.3, 0.4) is 0 Å². The van der Waals surface area contributed by atoms with Gasteiger partial charge in [0.1, 0.15) is 30.8 Å². The van der Waals surface area contributed by atoms with Gasteiger partial charge in [0.05, 0.1) is 38.3 Å². The summed E-state index contributed by atoms with van der Waals surface area (Å²) in [6.07, 6.45) is -2.63. The van der Waals surface area contributed by atoms with Crippen molar-refractivity contribution in [1.29, 1.82) is 0 Å². The van der Waals surface area contributed by atoms with Crippen LogP contribution in [0.25, 0.3) is 11.2 Å². The van der Waals surface area contributed by atoms with Gasteiger partial charge in [-0.05, 0) is 57.8 Å². The van der Waals surface area contributed by atoms with Gasteiger partial charge in [0.15, 0.2) is 19.5 Å².